The van der Waals surface area contributed by atoms with Crippen molar-refractivity contribution in [3.63, 3.8) is 0 Å². The lowest BCUT2D eigenvalue weighted by molar-refractivity contribution is 0.975. The maximum absolute atomic E-state index is 5.58. The molecule has 0 spiro atoms. The van der Waals surface area contributed by atoms with Gasteiger partial charge in [-0.15, -0.1) is 0 Å². The van der Waals surface area contributed by atoms with Crippen LogP contribution in [-0.4, -0.2) is 11.5 Å². The van der Waals surface area contributed by atoms with Gasteiger partial charge in [0.1, 0.15) is 0 Å². The third-order valence-electron chi connectivity index (χ3n) is 2.87. The van der Waals surface area contributed by atoms with E-state index < -0.39 is 0 Å². The molecule has 1 aromatic heterocycles. The smallest absolute Gasteiger partial charge is 0.0459 e. The second kappa shape index (κ2) is 3.46. The minimum absolute atomic E-state index is 0.709. The minimum atomic E-state index is 0.709. The largest absolute Gasteiger partial charge is 0.361 e. The van der Waals surface area contributed by atoms with Crippen molar-refractivity contribution in [3.05, 3.63) is 35.0 Å². The maximum atomic E-state index is 5.58. The number of aryl methyl sites for hydroxylation is 2. The topological polar surface area (TPSA) is 41.8 Å². The summed E-state index contributed by atoms with van der Waals surface area (Å²) in [4.78, 5) is 3.29. The Morgan fingerprint density at radius 3 is 2.79 bits per heavy atom. The van der Waals surface area contributed by atoms with Gasteiger partial charge in [0.25, 0.3) is 0 Å². The van der Waals surface area contributed by atoms with Crippen LogP contribution in [0, 0.1) is 13.8 Å². The van der Waals surface area contributed by atoms with Crippen molar-refractivity contribution in [2.24, 2.45) is 5.73 Å². The molecule has 74 valence electrons. The van der Waals surface area contributed by atoms with Gasteiger partial charge in [0.05, 0.1) is 0 Å². The van der Waals surface area contributed by atoms with E-state index in [2.05, 4.69) is 37.2 Å². The Labute approximate surface area is 84.1 Å². The summed E-state index contributed by atoms with van der Waals surface area (Å²) in [6, 6.07) is 4.29. The molecule has 2 aromatic rings. The SMILES string of the molecule is Cc1ccc2[nH]cc(CCN)c2c1C. The molecule has 0 radical (unpaired) electrons. The summed E-state index contributed by atoms with van der Waals surface area (Å²) in [6.45, 7) is 5.03. The predicted molar refractivity (Wildman–Crippen MR) is 60.5 cm³/mol. The highest BCUT2D eigenvalue weighted by Gasteiger charge is 2.06. The Bertz CT molecular complexity index is 455. The molecule has 0 aliphatic heterocycles. The van der Waals surface area contributed by atoms with Crippen LogP contribution in [0.5, 0.6) is 0 Å². The minimum Gasteiger partial charge on any atom is -0.361 e. The van der Waals surface area contributed by atoms with Gasteiger partial charge >= 0.3 is 0 Å². The van der Waals surface area contributed by atoms with E-state index in [9.17, 15) is 0 Å². The molecule has 3 N–H and O–H groups in total. The van der Waals surface area contributed by atoms with Gasteiger partial charge < -0.3 is 10.7 Å². The van der Waals surface area contributed by atoms with Crippen molar-refractivity contribution in [1.29, 1.82) is 0 Å². The summed E-state index contributed by atoms with van der Waals surface area (Å²) >= 11 is 0. The molecule has 2 heteroatoms. The summed E-state index contributed by atoms with van der Waals surface area (Å²) in [5.74, 6) is 0. The van der Waals surface area contributed by atoms with E-state index in [0.29, 0.717) is 6.54 Å². The number of fused-ring (bicyclic) bond motifs is 1. The lowest BCUT2D eigenvalue weighted by atomic mass is 10.0. The molecular weight excluding hydrogens is 172 g/mol. The van der Waals surface area contributed by atoms with Crippen molar-refractivity contribution >= 4 is 10.9 Å². The van der Waals surface area contributed by atoms with E-state index in [1.807, 2.05) is 0 Å². The first-order valence-electron chi connectivity index (χ1n) is 5.00. The third kappa shape index (κ3) is 1.32. The highest BCUT2D eigenvalue weighted by atomic mass is 14.7. The Kier molecular flexibility index (Phi) is 2.30. The molecule has 0 fully saturated rings. The average Bonchev–Trinajstić information content (AvgIpc) is 2.57. The monoisotopic (exact) mass is 188 g/mol. The fourth-order valence-electron chi connectivity index (χ4n) is 1.94. The Balaban J connectivity index is 2.69. The quantitative estimate of drug-likeness (QED) is 0.746. The second-order valence-corrected chi connectivity index (χ2v) is 3.78. The molecule has 1 aromatic carbocycles. The number of hydrogen-bond acceptors (Lipinski definition) is 1. The summed E-state index contributed by atoms with van der Waals surface area (Å²) in [6.07, 6.45) is 3.02. The van der Waals surface area contributed by atoms with Crippen LogP contribution in [0.2, 0.25) is 0 Å². The van der Waals surface area contributed by atoms with E-state index in [1.165, 1.54) is 27.6 Å². The number of H-pyrrole nitrogens is 1. The van der Waals surface area contributed by atoms with Crippen molar-refractivity contribution in [2.75, 3.05) is 6.54 Å². The molecule has 2 nitrogen and oxygen atoms in total. The number of nitrogens with two attached hydrogens (primary N) is 1. The second-order valence-electron chi connectivity index (χ2n) is 3.78. The molecule has 0 saturated carbocycles. The number of hydrogen-bond donors (Lipinski definition) is 2. The molecule has 0 aliphatic rings. The van der Waals surface area contributed by atoms with Crippen LogP contribution in [-0.2, 0) is 6.42 Å². The summed E-state index contributed by atoms with van der Waals surface area (Å²) < 4.78 is 0. The van der Waals surface area contributed by atoms with Gasteiger partial charge in [-0.2, -0.15) is 0 Å². The summed E-state index contributed by atoms with van der Waals surface area (Å²) in [5, 5.41) is 1.36. The first-order chi connectivity index (χ1) is 6.74. The third-order valence-corrected chi connectivity index (χ3v) is 2.87. The predicted octanol–water partition coefficient (Wildman–Crippen LogP) is 2.29. The van der Waals surface area contributed by atoms with Crippen LogP contribution in [0.3, 0.4) is 0 Å². The molecule has 0 atom stereocenters. The molecule has 0 unspecified atom stereocenters. The fraction of sp³-hybridized carbons (Fsp3) is 0.333. The standard InChI is InChI=1S/C12H16N2/c1-8-3-4-11-12(9(8)2)10(5-6-13)7-14-11/h3-4,7,14H,5-6,13H2,1-2H3. The normalized spacial score (nSPS) is 11.1. The highest BCUT2D eigenvalue weighted by molar-refractivity contribution is 5.87. The van der Waals surface area contributed by atoms with Crippen molar-refractivity contribution in [1.82, 2.24) is 4.98 Å². The van der Waals surface area contributed by atoms with E-state index in [-0.39, 0.29) is 0 Å². The van der Waals surface area contributed by atoms with Crippen LogP contribution >= 0.6 is 0 Å². The van der Waals surface area contributed by atoms with Crippen LogP contribution in [0.1, 0.15) is 16.7 Å². The van der Waals surface area contributed by atoms with E-state index >= 15 is 0 Å². The Morgan fingerprint density at radius 2 is 2.07 bits per heavy atom. The van der Waals surface area contributed by atoms with Gasteiger partial charge in [0.2, 0.25) is 0 Å². The number of aromatic amines is 1. The zero-order chi connectivity index (χ0) is 10.1. The molecule has 2 rings (SSSR count). The molecule has 1 heterocycles. The van der Waals surface area contributed by atoms with Crippen LogP contribution in [0.4, 0.5) is 0 Å². The number of benzene rings is 1. The van der Waals surface area contributed by atoms with Crippen molar-refractivity contribution < 1.29 is 0 Å². The maximum Gasteiger partial charge on any atom is 0.0459 e. The molecule has 0 bridgehead atoms. The lowest BCUT2D eigenvalue weighted by Crippen LogP contribution is -2.02. The molecule has 14 heavy (non-hydrogen) atoms. The van der Waals surface area contributed by atoms with Crippen molar-refractivity contribution in [3.8, 4) is 0 Å². The molecule has 0 amide bonds. The Hall–Kier alpha value is -1.28. The van der Waals surface area contributed by atoms with Crippen LogP contribution in [0.15, 0.2) is 18.3 Å². The highest BCUT2D eigenvalue weighted by Crippen LogP contribution is 2.24. The summed E-state index contributed by atoms with van der Waals surface area (Å²) in [5.41, 5.74) is 10.9. The van der Waals surface area contributed by atoms with E-state index in [0.717, 1.165) is 6.42 Å². The zero-order valence-electron chi connectivity index (χ0n) is 8.72. The average molecular weight is 188 g/mol. The fourth-order valence-corrected chi connectivity index (χ4v) is 1.94. The van der Waals surface area contributed by atoms with Gasteiger partial charge in [0.15, 0.2) is 0 Å². The number of rotatable bonds is 2. The lowest BCUT2D eigenvalue weighted by Gasteiger charge is -2.03. The van der Waals surface area contributed by atoms with Crippen LogP contribution in [0.25, 0.3) is 10.9 Å². The van der Waals surface area contributed by atoms with Gasteiger partial charge in [-0.1, -0.05) is 6.07 Å². The van der Waals surface area contributed by atoms with Gasteiger partial charge in [-0.05, 0) is 49.6 Å². The summed E-state index contributed by atoms with van der Waals surface area (Å²) in [7, 11) is 0. The zero-order valence-corrected chi connectivity index (χ0v) is 8.72. The first kappa shape index (κ1) is 9.28. The van der Waals surface area contributed by atoms with E-state index in [1.54, 1.807) is 0 Å². The van der Waals surface area contributed by atoms with Gasteiger partial charge in [-0.3, -0.25) is 0 Å². The van der Waals surface area contributed by atoms with Gasteiger partial charge in [-0.25, -0.2) is 0 Å². The molecule has 0 aliphatic carbocycles. The van der Waals surface area contributed by atoms with Gasteiger partial charge in [0, 0.05) is 17.1 Å². The molecule has 0 saturated heterocycles. The van der Waals surface area contributed by atoms with Crippen molar-refractivity contribution in [2.45, 2.75) is 20.3 Å². The number of nitrogens with one attached hydrogen (secondary N) is 1. The van der Waals surface area contributed by atoms with E-state index in [4.69, 9.17) is 5.73 Å². The first-order valence-corrected chi connectivity index (χ1v) is 5.00. The molecular formula is C12H16N2. The Morgan fingerprint density at radius 1 is 1.29 bits per heavy atom. The number of aromatic nitrogens is 1. The van der Waals surface area contributed by atoms with Crippen LogP contribution < -0.4 is 5.73 Å².